The van der Waals surface area contributed by atoms with E-state index in [1.165, 1.54) is 18.4 Å². The Hall–Kier alpha value is -2.19. The van der Waals surface area contributed by atoms with Crippen LogP contribution in [-0.2, 0) is 10.0 Å². The maximum atomic E-state index is 12.5. The number of carboxylic acid groups (broad SMARTS) is 1. The number of Topliss-reactive ketones (excluding diaryl/α,β-unsaturated/α-hetero) is 1. The van der Waals surface area contributed by atoms with Crippen LogP contribution in [0.2, 0.25) is 0 Å². The van der Waals surface area contributed by atoms with Gasteiger partial charge in [0.1, 0.15) is 9.77 Å². The number of hydrogen-bond donors (Lipinski definition) is 2. The van der Waals surface area contributed by atoms with Crippen LogP contribution in [0.5, 0.6) is 0 Å². The van der Waals surface area contributed by atoms with Gasteiger partial charge in [-0.15, -0.1) is 11.3 Å². The topological polar surface area (TPSA) is 101 Å². The molecule has 2 N–H and O–H groups in total. The number of aromatic carboxylic acids is 1. The van der Waals surface area contributed by atoms with Gasteiger partial charge in [-0.05, 0) is 49.4 Å². The molecule has 0 atom stereocenters. The van der Waals surface area contributed by atoms with Crippen LogP contribution < -0.4 is 4.72 Å². The van der Waals surface area contributed by atoms with Gasteiger partial charge in [0.2, 0.25) is 0 Å². The number of aryl methyl sites for hydroxylation is 2. The van der Waals surface area contributed by atoms with E-state index in [-0.39, 0.29) is 26.8 Å². The van der Waals surface area contributed by atoms with Crippen LogP contribution in [0.25, 0.3) is 0 Å². The first-order valence-corrected chi connectivity index (χ1v) is 8.95. The molecule has 0 spiro atoms. The molecule has 1 aromatic carbocycles. The van der Waals surface area contributed by atoms with Gasteiger partial charge in [0.15, 0.2) is 5.78 Å². The Balaban J connectivity index is 2.56. The molecule has 0 unspecified atom stereocenters. The Kier molecular flexibility index (Phi) is 4.58. The molecule has 122 valence electrons. The summed E-state index contributed by atoms with van der Waals surface area (Å²) in [5.41, 5.74) is 1.84. The minimum atomic E-state index is -4.11. The van der Waals surface area contributed by atoms with E-state index in [4.69, 9.17) is 5.11 Å². The summed E-state index contributed by atoms with van der Waals surface area (Å²) >= 11 is 0.827. The van der Waals surface area contributed by atoms with Crippen molar-refractivity contribution in [3.8, 4) is 0 Å². The molecule has 0 amide bonds. The first-order valence-electron chi connectivity index (χ1n) is 6.59. The fourth-order valence-electron chi connectivity index (χ4n) is 2.24. The SMILES string of the molecule is CC(=O)c1cc(C)cc(C)c1NS(=O)(=O)c1ccsc1C(=O)O. The zero-order valence-electron chi connectivity index (χ0n) is 12.7. The van der Waals surface area contributed by atoms with Crippen molar-refractivity contribution in [2.75, 3.05) is 4.72 Å². The van der Waals surface area contributed by atoms with E-state index in [2.05, 4.69) is 4.72 Å². The fraction of sp³-hybridized carbons (Fsp3) is 0.200. The number of carbonyl (C=O) groups excluding carboxylic acids is 1. The molecule has 0 aliphatic rings. The average Bonchev–Trinajstić information content (AvgIpc) is 2.91. The molecule has 0 radical (unpaired) electrons. The molecular weight excluding hydrogens is 338 g/mol. The average molecular weight is 353 g/mol. The second-order valence-corrected chi connectivity index (χ2v) is 7.65. The third-order valence-corrected chi connectivity index (χ3v) is 5.63. The molecule has 0 bridgehead atoms. The van der Waals surface area contributed by atoms with E-state index in [0.29, 0.717) is 5.56 Å². The van der Waals surface area contributed by atoms with Crippen LogP contribution in [0.4, 0.5) is 5.69 Å². The summed E-state index contributed by atoms with van der Waals surface area (Å²) in [6, 6.07) is 4.57. The highest BCUT2D eigenvalue weighted by Gasteiger charge is 2.25. The minimum Gasteiger partial charge on any atom is -0.477 e. The Bertz CT molecular complexity index is 897. The predicted octanol–water partition coefficient (Wildman–Crippen LogP) is 3.07. The highest BCUT2D eigenvalue weighted by molar-refractivity contribution is 7.93. The van der Waals surface area contributed by atoms with E-state index in [1.54, 1.807) is 26.0 Å². The molecule has 2 rings (SSSR count). The number of sulfonamides is 1. The Morgan fingerprint density at radius 3 is 2.43 bits per heavy atom. The largest absolute Gasteiger partial charge is 0.477 e. The lowest BCUT2D eigenvalue weighted by Gasteiger charge is -2.14. The summed E-state index contributed by atoms with van der Waals surface area (Å²) in [5, 5.41) is 10.5. The highest BCUT2D eigenvalue weighted by Crippen LogP contribution is 2.29. The Morgan fingerprint density at radius 2 is 1.87 bits per heavy atom. The number of benzene rings is 1. The molecule has 0 saturated heterocycles. The van der Waals surface area contributed by atoms with E-state index in [1.807, 2.05) is 0 Å². The van der Waals surface area contributed by atoms with Crippen molar-refractivity contribution in [2.45, 2.75) is 25.7 Å². The summed E-state index contributed by atoms with van der Waals surface area (Å²) in [6.07, 6.45) is 0. The maximum Gasteiger partial charge on any atom is 0.347 e. The standard InChI is InChI=1S/C15H15NO5S2/c1-8-6-9(2)13(11(7-8)10(3)17)16-23(20,21)12-4-5-22-14(12)15(18)19/h4-7,16H,1-3H3,(H,18,19). The molecule has 6 nitrogen and oxygen atoms in total. The summed E-state index contributed by atoms with van der Waals surface area (Å²) < 4.78 is 27.4. The van der Waals surface area contributed by atoms with Gasteiger partial charge in [0, 0.05) is 5.56 Å². The number of carbonyl (C=O) groups is 2. The van der Waals surface area contributed by atoms with Gasteiger partial charge >= 0.3 is 5.97 Å². The van der Waals surface area contributed by atoms with Gasteiger partial charge in [-0.1, -0.05) is 6.07 Å². The Morgan fingerprint density at radius 1 is 1.22 bits per heavy atom. The third-order valence-electron chi connectivity index (χ3n) is 3.21. The monoisotopic (exact) mass is 353 g/mol. The van der Waals surface area contributed by atoms with Gasteiger partial charge in [0.05, 0.1) is 5.69 Å². The summed E-state index contributed by atoms with van der Waals surface area (Å²) in [4.78, 5) is 22.3. The fourth-order valence-corrected chi connectivity index (χ4v) is 4.65. The molecule has 0 aliphatic carbocycles. The number of carboxylic acids is 1. The first-order chi connectivity index (χ1) is 10.6. The lowest BCUT2D eigenvalue weighted by Crippen LogP contribution is -2.18. The number of anilines is 1. The van der Waals surface area contributed by atoms with E-state index in [0.717, 1.165) is 16.9 Å². The van der Waals surface area contributed by atoms with Crippen molar-refractivity contribution in [3.05, 3.63) is 45.1 Å². The lowest BCUT2D eigenvalue weighted by molar-refractivity contribution is 0.0698. The molecule has 0 saturated carbocycles. The number of thiophene rings is 1. The quantitative estimate of drug-likeness (QED) is 0.805. The van der Waals surface area contributed by atoms with Gasteiger partial charge < -0.3 is 5.11 Å². The highest BCUT2D eigenvalue weighted by atomic mass is 32.2. The van der Waals surface area contributed by atoms with Gasteiger partial charge in [-0.25, -0.2) is 13.2 Å². The van der Waals surface area contributed by atoms with Crippen molar-refractivity contribution < 1.29 is 23.1 Å². The van der Waals surface area contributed by atoms with E-state index >= 15 is 0 Å². The number of rotatable bonds is 5. The van der Waals surface area contributed by atoms with Crippen molar-refractivity contribution in [1.29, 1.82) is 0 Å². The second-order valence-electron chi connectivity index (χ2n) is 5.09. The second kappa shape index (κ2) is 6.13. The number of hydrogen-bond acceptors (Lipinski definition) is 5. The molecule has 1 aromatic heterocycles. The van der Waals surface area contributed by atoms with Crippen LogP contribution >= 0.6 is 11.3 Å². The zero-order chi connectivity index (χ0) is 17.4. The predicted molar refractivity (Wildman–Crippen MR) is 88.0 cm³/mol. The van der Waals surface area contributed by atoms with Crippen LogP contribution in [-0.4, -0.2) is 25.3 Å². The van der Waals surface area contributed by atoms with Gasteiger partial charge in [-0.3, -0.25) is 9.52 Å². The number of ketones is 1. The summed E-state index contributed by atoms with van der Waals surface area (Å²) in [7, 11) is -4.11. The van der Waals surface area contributed by atoms with Crippen LogP contribution in [0.1, 0.15) is 38.1 Å². The molecule has 8 heteroatoms. The van der Waals surface area contributed by atoms with Crippen molar-refractivity contribution >= 4 is 38.8 Å². The first kappa shape index (κ1) is 17.2. The van der Waals surface area contributed by atoms with Crippen molar-refractivity contribution in [3.63, 3.8) is 0 Å². The maximum absolute atomic E-state index is 12.5. The van der Waals surface area contributed by atoms with Crippen LogP contribution in [0.15, 0.2) is 28.5 Å². The van der Waals surface area contributed by atoms with Crippen molar-refractivity contribution in [2.24, 2.45) is 0 Å². The van der Waals surface area contributed by atoms with Gasteiger partial charge in [0.25, 0.3) is 10.0 Å². The molecule has 23 heavy (non-hydrogen) atoms. The van der Waals surface area contributed by atoms with Crippen molar-refractivity contribution in [1.82, 2.24) is 0 Å². The van der Waals surface area contributed by atoms with Crippen LogP contribution in [0, 0.1) is 13.8 Å². The summed E-state index contributed by atoms with van der Waals surface area (Å²) in [5.74, 6) is -1.59. The third kappa shape index (κ3) is 3.43. The molecule has 1 heterocycles. The Labute approximate surface area is 137 Å². The lowest BCUT2D eigenvalue weighted by atomic mass is 10.0. The molecule has 0 aliphatic heterocycles. The van der Waals surface area contributed by atoms with E-state index < -0.39 is 16.0 Å². The molecule has 2 aromatic rings. The van der Waals surface area contributed by atoms with Crippen LogP contribution in [0.3, 0.4) is 0 Å². The van der Waals surface area contributed by atoms with Gasteiger partial charge in [-0.2, -0.15) is 0 Å². The minimum absolute atomic E-state index is 0.172. The number of nitrogens with one attached hydrogen (secondary N) is 1. The smallest absolute Gasteiger partial charge is 0.347 e. The molecule has 0 fully saturated rings. The zero-order valence-corrected chi connectivity index (χ0v) is 14.3. The van der Waals surface area contributed by atoms with E-state index in [9.17, 15) is 18.0 Å². The molecular formula is C15H15NO5S2. The normalized spacial score (nSPS) is 11.3. The summed E-state index contributed by atoms with van der Waals surface area (Å²) in [6.45, 7) is 4.83.